The van der Waals surface area contributed by atoms with Crippen LogP contribution >= 0.6 is 0 Å². The molecule has 0 heterocycles. The van der Waals surface area contributed by atoms with Gasteiger partial charge in [0.05, 0.1) is 0 Å². The minimum atomic E-state index is -0.971. The first-order valence-corrected chi connectivity index (χ1v) is 7.22. The van der Waals surface area contributed by atoms with Crippen LogP contribution in [0.3, 0.4) is 0 Å². The lowest BCUT2D eigenvalue weighted by Crippen LogP contribution is -2.32. The van der Waals surface area contributed by atoms with Crippen molar-refractivity contribution in [3.05, 3.63) is 41.5 Å². The summed E-state index contributed by atoms with van der Waals surface area (Å²) in [6.07, 6.45) is 4.36. The highest BCUT2D eigenvalue weighted by Crippen LogP contribution is 2.14. The van der Waals surface area contributed by atoms with Gasteiger partial charge in [0.15, 0.2) is 0 Å². The third-order valence-electron chi connectivity index (χ3n) is 3.50. The van der Waals surface area contributed by atoms with E-state index < -0.39 is 5.97 Å². The number of carbonyl (C=O) groups is 2. The van der Waals surface area contributed by atoms with Crippen molar-refractivity contribution in [1.29, 1.82) is 0 Å². The Morgan fingerprint density at radius 3 is 2.52 bits per heavy atom. The average Bonchev–Trinajstić information content (AvgIpc) is 2.46. The van der Waals surface area contributed by atoms with E-state index in [1.165, 1.54) is 0 Å². The van der Waals surface area contributed by atoms with Gasteiger partial charge in [-0.1, -0.05) is 32.0 Å². The van der Waals surface area contributed by atoms with Gasteiger partial charge in [-0.05, 0) is 36.1 Å². The van der Waals surface area contributed by atoms with E-state index in [4.69, 9.17) is 5.11 Å². The van der Waals surface area contributed by atoms with Crippen LogP contribution in [0.4, 0.5) is 0 Å². The molecule has 0 aliphatic heterocycles. The molecule has 1 aromatic carbocycles. The first kappa shape index (κ1) is 17.0. The zero-order chi connectivity index (χ0) is 15.8. The molecule has 0 aromatic heterocycles. The van der Waals surface area contributed by atoms with Gasteiger partial charge in [0.1, 0.15) is 0 Å². The monoisotopic (exact) mass is 289 g/mol. The van der Waals surface area contributed by atoms with Crippen LogP contribution in [0.2, 0.25) is 0 Å². The zero-order valence-electron chi connectivity index (χ0n) is 12.9. The third-order valence-corrected chi connectivity index (χ3v) is 3.50. The standard InChI is InChI=1S/C17H23NO3/c1-4-15(5-2)17(21)18(3)12-14-8-6-7-13(11-14)9-10-16(19)20/h6-11,15H,4-5,12H2,1-3H3,(H,19,20). The van der Waals surface area contributed by atoms with E-state index >= 15 is 0 Å². The van der Waals surface area contributed by atoms with Gasteiger partial charge in [-0.25, -0.2) is 4.79 Å². The maximum absolute atomic E-state index is 12.2. The predicted molar refractivity (Wildman–Crippen MR) is 83.7 cm³/mol. The Labute approximate surface area is 126 Å². The molecule has 0 bridgehead atoms. The Bertz CT molecular complexity index is 519. The van der Waals surface area contributed by atoms with Gasteiger partial charge < -0.3 is 10.0 Å². The highest BCUT2D eigenvalue weighted by molar-refractivity contribution is 5.85. The van der Waals surface area contributed by atoms with E-state index in [0.717, 1.165) is 30.0 Å². The van der Waals surface area contributed by atoms with Crippen molar-refractivity contribution >= 4 is 18.0 Å². The summed E-state index contributed by atoms with van der Waals surface area (Å²) in [7, 11) is 1.81. The summed E-state index contributed by atoms with van der Waals surface area (Å²) in [6, 6.07) is 7.54. The van der Waals surface area contributed by atoms with Gasteiger partial charge >= 0.3 is 5.97 Å². The fourth-order valence-electron chi connectivity index (χ4n) is 2.26. The van der Waals surface area contributed by atoms with Gasteiger partial charge in [-0.15, -0.1) is 0 Å². The second kappa shape index (κ2) is 8.25. The van der Waals surface area contributed by atoms with E-state index in [1.54, 1.807) is 18.0 Å². The van der Waals surface area contributed by atoms with Gasteiger partial charge in [-0.3, -0.25) is 4.79 Å². The lowest BCUT2D eigenvalue weighted by Gasteiger charge is -2.22. The lowest BCUT2D eigenvalue weighted by atomic mass is 10.0. The first-order chi connectivity index (χ1) is 9.97. The van der Waals surface area contributed by atoms with E-state index in [0.29, 0.717) is 6.54 Å². The molecule has 0 fully saturated rings. The molecule has 1 amide bonds. The molecule has 0 saturated heterocycles. The summed E-state index contributed by atoms with van der Waals surface area (Å²) in [6.45, 7) is 4.58. The van der Waals surface area contributed by atoms with Gasteiger partial charge in [0.25, 0.3) is 0 Å². The van der Waals surface area contributed by atoms with Crippen LogP contribution in [0, 0.1) is 5.92 Å². The molecule has 0 saturated carbocycles. The summed E-state index contributed by atoms with van der Waals surface area (Å²) in [4.78, 5) is 24.5. The van der Waals surface area contributed by atoms with Crippen molar-refractivity contribution in [1.82, 2.24) is 4.90 Å². The first-order valence-electron chi connectivity index (χ1n) is 7.22. The minimum Gasteiger partial charge on any atom is -0.478 e. The Balaban J connectivity index is 2.76. The molecule has 4 nitrogen and oxygen atoms in total. The van der Waals surface area contributed by atoms with Crippen molar-refractivity contribution in [3.8, 4) is 0 Å². The molecule has 1 aromatic rings. The quantitative estimate of drug-likeness (QED) is 0.784. The largest absolute Gasteiger partial charge is 0.478 e. The van der Waals surface area contributed by atoms with E-state index in [-0.39, 0.29) is 11.8 Å². The fourth-order valence-corrected chi connectivity index (χ4v) is 2.26. The summed E-state index contributed by atoms with van der Waals surface area (Å²) in [5.74, 6) is -0.738. The Morgan fingerprint density at radius 2 is 1.95 bits per heavy atom. The Hall–Kier alpha value is -2.10. The molecular weight excluding hydrogens is 266 g/mol. The molecule has 0 spiro atoms. The number of amides is 1. The van der Waals surface area contributed by atoms with E-state index in [2.05, 4.69) is 0 Å². The highest BCUT2D eigenvalue weighted by Gasteiger charge is 2.18. The SMILES string of the molecule is CCC(CC)C(=O)N(C)Cc1cccc(C=CC(=O)O)c1. The number of rotatable bonds is 7. The van der Waals surface area contributed by atoms with Crippen LogP contribution in [0.1, 0.15) is 37.8 Å². The summed E-state index contributed by atoms with van der Waals surface area (Å²) < 4.78 is 0. The van der Waals surface area contributed by atoms with E-state index in [1.807, 2.05) is 38.1 Å². The topological polar surface area (TPSA) is 57.6 Å². The average molecular weight is 289 g/mol. The molecule has 21 heavy (non-hydrogen) atoms. The maximum atomic E-state index is 12.2. The van der Waals surface area contributed by atoms with Gasteiger partial charge in [0.2, 0.25) is 5.91 Å². The Kier molecular flexibility index (Phi) is 6.66. The number of carboxylic acid groups (broad SMARTS) is 1. The van der Waals surface area contributed by atoms with E-state index in [9.17, 15) is 9.59 Å². The highest BCUT2D eigenvalue weighted by atomic mass is 16.4. The summed E-state index contributed by atoms with van der Waals surface area (Å²) >= 11 is 0. The molecular formula is C17H23NO3. The maximum Gasteiger partial charge on any atom is 0.328 e. The molecule has 0 radical (unpaired) electrons. The van der Waals surface area contributed by atoms with Gasteiger partial charge in [0, 0.05) is 25.6 Å². The van der Waals surface area contributed by atoms with Crippen LogP contribution < -0.4 is 0 Å². The van der Waals surface area contributed by atoms with Crippen LogP contribution in [-0.2, 0) is 16.1 Å². The summed E-state index contributed by atoms with van der Waals surface area (Å²) in [5, 5.41) is 8.64. The van der Waals surface area contributed by atoms with Crippen molar-refractivity contribution < 1.29 is 14.7 Å². The van der Waals surface area contributed by atoms with Gasteiger partial charge in [-0.2, -0.15) is 0 Å². The number of carboxylic acids is 1. The molecule has 0 aliphatic rings. The van der Waals surface area contributed by atoms with Crippen molar-refractivity contribution in [2.45, 2.75) is 33.2 Å². The molecule has 0 aliphatic carbocycles. The second-order valence-electron chi connectivity index (χ2n) is 5.12. The molecule has 1 rings (SSSR count). The summed E-state index contributed by atoms with van der Waals surface area (Å²) in [5.41, 5.74) is 1.81. The van der Waals surface area contributed by atoms with Crippen LogP contribution in [-0.4, -0.2) is 28.9 Å². The van der Waals surface area contributed by atoms with Crippen molar-refractivity contribution in [2.75, 3.05) is 7.05 Å². The minimum absolute atomic E-state index is 0.0742. The smallest absolute Gasteiger partial charge is 0.328 e. The van der Waals surface area contributed by atoms with Crippen LogP contribution in [0.5, 0.6) is 0 Å². The van der Waals surface area contributed by atoms with Crippen LogP contribution in [0.15, 0.2) is 30.3 Å². The van der Waals surface area contributed by atoms with Crippen molar-refractivity contribution in [3.63, 3.8) is 0 Å². The van der Waals surface area contributed by atoms with Crippen LogP contribution in [0.25, 0.3) is 6.08 Å². The molecule has 114 valence electrons. The number of aliphatic carboxylic acids is 1. The lowest BCUT2D eigenvalue weighted by molar-refractivity contribution is -0.135. The number of carbonyl (C=O) groups excluding carboxylic acids is 1. The number of hydrogen-bond acceptors (Lipinski definition) is 2. The number of nitrogens with zero attached hydrogens (tertiary/aromatic N) is 1. The molecule has 0 atom stereocenters. The number of benzene rings is 1. The molecule has 4 heteroatoms. The number of hydrogen-bond donors (Lipinski definition) is 1. The second-order valence-corrected chi connectivity index (χ2v) is 5.12. The fraction of sp³-hybridized carbons (Fsp3) is 0.412. The Morgan fingerprint density at radius 1 is 1.29 bits per heavy atom. The normalized spacial score (nSPS) is 11.0. The third kappa shape index (κ3) is 5.42. The zero-order valence-corrected chi connectivity index (χ0v) is 12.9. The molecule has 0 unspecified atom stereocenters. The predicted octanol–water partition coefficient (Wildman–Crippen LogP) is 3.18. The van der Waals surface area contributed by atoms with Crippen molar-refractivity contribution in [2.24, 2.45) is 5.92 Å². The molecule has 1 N–H and O–H groups in total.